The predicted molar refractivity (Wildman–Crippen MR) is 112 cm³/mol. The number of nitrogens with one attached hydrogen (secondary N) is 1. The maximum atomic E-state index is 14.4. The van der Waals surface area contributed by atoms with Gasteiger partial charge in [-0.1, -0.05) is 6.07 Å². The zero-order valence-electron chi connectivity index (χ0n) is 16.5. The Labute approximate surface area is 174 Å². The zero-order chi connectivity index (χ0) is 20.8. The van der Waals surface area contributed by atoms with Gasteiger partial charge in [-0.05, 0) is 48.6 Å². The highest BCUT2D eigenvalue weighted by Crippen LogP contribution is 2.25. The number of anilines is 2. The molecule has 156 valence electrons. The van der Waals surface area contributed by atoms with Gasteiger partial charge < -0.3 is 20.1 Å². The van der Waals surface area contributed by atoms with Gasteiger partial charge in [-0.15, -0.1) is 0 Å². The van der Waals surface area contributed by atoms with Crippen LogP contribution in [0.1, 0.15) is 18.4 Å². The van der Waals surface area contributed by atoms with Crippen molar-refractivity contribution in [1.29, 1.82) is 0 Å². The third-order valence-corrected chi connectivity index (χ3v) is 5.09. The van der Waals surface area contributed by atoms with Gasteiger partial charge in [-0.25, -0.2) is 14.4 Å². The van der Waals surface area contributed by atoms with Crippen molar-refractivity contribution in [2.45, 2.75) is 19.4 Å². The van der Waals surface area contributed by atoms with Gasteiger partial charge in [0, 0.05) is 38.5 Å². The zero-order valence-corrected chi connectivity index (χ0v) is 16.5. The summed E-state index contributed by atoms with van der Waals surface area (Å²) in [4.78, 5) is 14.7. The van der Waals surface area contributed by atoms with E-state index in [9.17, 15) is 9.50 Å². The van der Waals surface area contributed by atoms with Crippen LogP contribution in [0.15, 0.2) is 55.1 Å². The quantitative estimate of drug-likeness (QED) is 0.617. The Morgan fingerprint density at radius 2 is 2.17 bits per heavy atom. The fourth-order valence-corrected chi connectivity index (χ4v) is 3.50. The Hall–Kier alpha value is -3.26. The molecular weight excluding hydrogens is 385 g/mol. The van der Waals surface area contributed by atoms with Crippen molar-refractivity contribution in [3.05, 3.63) is 66.5 Å². The minimum atomic E-state index is -0.440. The number of piperidine rings is 1. The molecule has 7 nitrogen and oxygen atoms in total. The molecular formula is C22H24FN5O2. The molecule has 1 atom stereocenters. The summed E-state index contributed by atoms with van der Waals surface area (Å²) in [7, 11) is 0. The summed E-state index contributed by atoms with van der Waals surface area (Å²) >= 11 is 0. The molecule has 0 saturated carbocycles. The van der Waals surface area contributed by atoms with Crippen LogP contribution in [-0.2, 0) is 6.54 Å². The van der Waals surface area contributed by atoms with Crippen molar-refractivity contribution < 1.29 is 14.2 Å². The lowest BCUT2D eigenvalue weighted by atomic mass is 9.99. The van der Waals surface area contributed by atoms with Gasteiger partial charge in [0.2, 0.25) is 0 Å². The molecule has 1 unspecified atom stereocenters. The Balaban J connectivity index is 1.38. The molecule has 1 aliphatic rings. The van der Waals surface area contributed by atoms with Crippen molar-refractivity contribution in [2.75, 3.05) is 29.9 Å². The lowest BCUT2D eigenvalue weighted by molar-refractivity contribution is 0.208. The van der Waals surface area contributed by atoms with E-state index >= 15 is 0 Å². The third-order valence-electron chi connectivity index (χ3n) is 5.09. The molecule has 0 spiro atoms. The first-order valence-electron chi connectivity index (χ1n) is 9.99. The molecule has 0 aliphatic carbocycles. The summed E-state index contributed by atoms with van der Waals surface area (Å²) in [6.07, 6.45) is 6.76. The van der Waals surface area contributed by atoms with E-state index in [4.69, 9.17) is 4.74 Å². The molecule has 2 N–H and O–H groups in total. The summed E-state index contributed by atoms with van der Waals surface area (Å²) < 4.78 is 19.9. The standard InChI is InChI=1S/C22H24FN5O2/c23-19-9-16(5-6-20(19)30-18-4-1-7-24-12-18)11-25-21-10-22(27-15-26-21)28-8-2-3-17(13-28)14-29/h1,4-7,9-10,12,15,17,29H,2-3,8,11,13-14H2,(H,25,26,27). The van der Waals surface area contributed by atoms with Crippen LogP contribution >= 0.6 is 0 Å². The highest BCUT2D eigenvalue weighted by molar-refractivity contribution is 5.49. The van der Waals surface area contributed by atoms with Crippen LogP contribution in [0.5, 0.6) is 11.5 Å². The van der Waals surface area contributed by atoms with E-state index in [0.29, 0.717) is 18.1 Å². The second kappa shape index (κ2) is 9.49. The normalized spacial score (nSPS) is 16.3. The van der Waals surface area contributed by atoms with Gasteiger partial charge in [-0.3, -0.25) is 4.98 Å². The molecule has 1 aliphatic heterocycles. The minimum Gasteiger partial charge on any atom is -0.453 e. The van der Waals surface area contributed by atoms with Gasteiger partial charge in [0.05, 0.1) is 6.20 Å². The largest absolute Gasteiger partial charge is 0.453 e. The fourth-order valence-electron chi connectivity index (χ4n) is 3.50. The van der Waals surface area contributed by atoms with Crippen molar-refractivity contribution in [3.8, 4) is 11.5 Å². The summed E-state index contributed by atoms with van der Waals surface area (Å²) in [6.45, 7) is 2.31. The van der Waals surface area contributed by atoms with Crippen LogP contribution in [0, 0.1) is 11.7 Å². The molecule has 0 bridgehead atoms. The average Bonchev–Trinajstić information content (AvgIpc) is 2.80. The molecule has 8 heteroatoms. The monoisotopic (exact) mass is 409 g/mol. The number of hydrogen-bond donors (Lipinski definition) is 2. The SMILES string of the molecule is OCC1CCCN(c2cc(NCc3ccc(Oc4cccnc4)c(F)c3)ncn2)C1. The number of ether oxygens (including phenoxy) is 1. The summed E-state index contributed by atoms with van der Waals surface area (Å²) in [5.41, 5.74) is 0.768. The summed E-state index contributed by atoms with van der Waals surface area (Å²) in [5, 5.41) is 12.6. The first-order chi connectivity index (χ1) is 14.7. The number of aliphatic hydroxyl groups excluding tert-OH is 1. The number of benzene rings is 1. The van der Waals surface area contributed by atoms with Crippen LogP contribution in [0.25, 0.3) is 0 Å². The Morgan fingerprint density at radius 3 is 2.97 bits per heavy atom. The lowest BCUT2D eigenvalue weighted by Crippen LogP contribution is -2.37. The van der Waals surface area contributed by atoms with E-state index in [0.717, 1.165) is 37.3 Å². The summed E-state index contributed by atoms with van der Waals surface area (Å²) in [5.74, 6) is 1.97. The number of hydrogen-bond acceptors (Lipinski definition) is 7. The van der Waals surface area contributed by atoms with E-state index < -0.39 is 5.82 Å². The molecule has 0 radical (unpaired) electrons. The van der Waals surface area contributed by atoms with E-state index in [1.807, 2.05) is 6.07 Å². The van der Waals surface area contributed by atoms with Gasteiger partial charge in [0.1, 0.15) is 23.7 Å². The highest BCUT2D eigenvalue weighted by Gasteiger charge is 2.20. The predicted octanol–water partition coefficient (Wildman–Crippen LogP) is 3.62. The fraction of sp³-hybridized carbons (Fsp3) is 0.318. The van der Waals surface area contributed by atoms with E-state index in [1.54, 1.807) is 30.5 Å². The first kappa shape index (κ1) is 20.0. The van der Waals surface area contributed by atoms with Crippen LogP contribution in [0.3, 0.4) is 0 Å². The Bertz CT molecular complexity index is 973. The second-order valence-corrected chi connectivity index (χ2v) is 7.31. The smallest absolute Gasteiger partial charge is 0.166 e. The van der Waals surface area contributed by atoms with Crippen LogP contribution in [-0.4, -0.2) is 39.8 Å². The maximum Gasteiger partial charge on any atom is 0.166 e. The van der Waals surface area contributed by atoms with Gasteiger partial charge in [-0.2, -0.15) is 0 Å². The number of halogens is 1. The van der Waals surface area contributed by atoms with Crippen molar-refractivity contribution >= 4 is 11.6 Å². The number of aromatic nitrogens is 3. The lowest BCUT2D eigenvalue weighted by Gasteiger charge is -2.32. The van der Waals surface area contributed by atoms with Crippen LogP contribution in [0.2, 0.25) is 0 Å². The van der Waals surface area contributed by atoms with Crippen molar-refractivity contribution in [3.63, 3.8) is 0 Å². The molecule has 3 heterocycles. The Morgan fingerprint density at radius 1 is 1.23 bits per heavy atom. The van der Waals surface area contributed by atoms with Crippen LogP contribution in [0.4, 0.5) is 16.0 Å². The molecule has 1 aromatic carbocycles. The molecule has 2 aromatic heterocycles. The van der Waals surface area contributed by atoms with E-state index in [2.05, 4.69) is 25.2 Å². The number of aliphatic hydroxyl groups is 1. The first-order valence-corrected chi connectivity index (χ1v) is 9.99. The molecule has 0 amide bonds. The molecule has 30 heavy (non-hydrogen) atoms. The van der Waals surface area contributed by atoms with Gasteiger partial charge >= 0.3 is 0 Å². The maximum absolute atomic E-state index is 14.4. The Kier molecular flexibility index (Phi) is 6.34. The number of nitrogens with zero attached hydrogens (tertiary/aromatic N) is 4. The van der Waals surface area contributed by atoms with Crippen LogP contribution < -0.4 is 15.0 Å². The number of rotatable bonds is 7. The minimum absolute atomic E-state index is 0.152. The van der Waals surface area contributed by atoms with E-state index in [1.165, 1.54) is 18.6 Å². The summed E-state index contributed by atoms with van der Waals surface area (Å²) in [6, 6.07) is 10.2. The molecule has 1 saturated heterocycles. The average molecular weight is 409 g/mol. The topological polar surface area (TPSA) is 83.4 Å². The highest BCUT2D eigenvalue weighted by atomic mass is 19.1. The van der Waals surface area contributed by atoms with Gasteiger partial charge in [0.15, 0.2) is 11.6 Å². The van der Waals surface area contributed by atoms with Crippen molar-refractivity contribution in [1.82, 2.24) is 15.0 Å². The second-order valence-electron chi connectivity index (χ2n) is 7.31. The third kappa shape index (κ3) is 5.01. The number of pyridine rings is 1. The van der Waals surface area contributed by atoms with Gasteiger partial charge in [0.25, 0.3) is 0 Å². The molecule has 3 aromatic rings. The van der Waals surface area contributed by atoms with Crippen molar-refractivity contribution in [2.24, 2.45) is 5.92 Å². The molecule has 1 fully saturated rings. The van der Waals surface area contributed by atoms with E-state index in [-0.39, 0.29) is 18.3 Å². The molecule has 4 rings (SSSR count).